The van der Waals surface area contributed by atoms with Crippen molar-refractivity contribution in [2.24, 2.45) is 0 Å². The van der Waals surface area contributed by atoms with Crippen LogP contribution >= 0.6 is 0 Å². The molecule has 1 unspecified atom stereocenters. The first-order valence-electron chi connectivity index (χ1n) is 14.7. The Hall–Kier alpha value is -3.80. The van der Waals surface area contributed by atoms with Crippen LogP contribution in [0, 0.1) is 6.92 Å². The number of ether oxygens (including phenoxy) is 1. The average molecular weight is 545 g/mol. The fourth-order valence-electron chi connectivity index (χ4n) is 4.65. The van der Waals surface area contributed by atoms with Crippen molar-refractivity contribution in [3.8, 4) is 11.5 Å². The number of phenolic OH excluding ortho intramolecular Hbond substituents is 1. The summed E-state index contributed by atoms with van der Waals surface area (Å²) >= 11 is 0. The second-order valence-corrected chi connectivity index (χ2v) is 10.4. The van der Waals surface area contributed by atoms with Crippen LogP contribution in [0.2, 0.25) is 0 Å². The highest BCUT2D eigenvalue weighted by Gasteiger charge is 2.22. The van der Waals surface area contributed by atoms with Gasteiger partial charge in [0.2, 0.25) is 0 Å². The molecule has 6 heteroatoms. The van der Waals surface area contributed by atoms with E-state index in [0.717, 1.165) is 43.4 Å². The minimum atomic E-state index is -0.685. The molecule has 0 aliphatic rings. The highest BCUT2D eigenvalue weighted by molar-refractivity contribution is 6.05. The molecule has 6 nitrogen and oxygen atoms in total. The number of hydrogen-bond acceptors (Lipinski definition) is 4. The highest BCUT2D eigenvalue weighted by Crippen LogP contribution is 2.31. The first-order chi connectivity index (χ1) is 19.4. The third-order valence-corrected chi connectivity index (χ3v) is 7.06. The highest BCUT2D eigenvalue weighted by atomic mass is 16.5. The van der Waals surface area contributed by atoms with E-state index in [9.17, 15) is 14.7 Å². The van der Waals surface area contributed by atoms with Crippen molar-refractivity contribution >= 4 is 23.2 Å². The van der Waals surface area contributed by atoms with Gasteiger partial charge in [-0.15, -0.1) is 0 Å². The summed E-state index contributed by atoms with van der Waals surface area (Å²) in [6.45, 7) is 8.15. The second kappa shape index (κ2) is 15.7. The maximum absolute atomic E-state index is 13.3. The van der Waals surface area contributed by atoms with Gasteiger partial charge in [-0.1, -0.05) is 76.8 Å². The fraction of sp³-hybridized carbons (Fsp3) is 0.412. The topological polar surface area (TPSA) is 87.7 Å². The van der Waals surface area contributed by atoms with Gasteiger partial charge in [0.1, 0.15) is 11.5 Å². The Bertz CT molecular complexity index is 1260. The first-order valence-corrected chi connectivity index (χ1v) is 14.7. The molecule has 1 atom stereocenters. The molecule has 0 saturated heterocycles. The van der Waals surface area contributed by atoms with E-state index >= 15 is 0 Å². The van der Waals surface area contributed by atoms with Crippen LogP contribution in [0.5, 0.6) is 11.5 Å². The molecule has 3 aromatic rings. The molecule has 3 aromatic carbocycles. The van der Waals surface area contributed by atoms with Crippen LogP contribution in [0.1, 0.15) is 92.8 Å². The number of unbranched alkanes of at least 4 members (excludes halogenated alkanes) is 4. The number of benzene rings is 3. The second-order valence-electron chi connectivity index (χ2n) is 10.4. The van der Waals surface area contributed by atoms with Crippen molar-refractivity contribution in [1.82, 2.24) is 0 Å². The summed E-state index contributed by atoms with van der Waals surface area (Å²) in [5.74, 6) is 0.0298. The predicted octanol–water partition coefficient (Wildman–Crippen LogP) is 8.21. The van der Waals surface area contributed by atoms with Crippen LogP contribution in [0.25, 0.3) is 0 Å². The van der Waals surface area contributed by atoms with Gasteiger partial charge in [0.05, 0.1) is 5.69 Å². The molecule has 0 bridgehead atoms. The Balaban J connectivity index is 1.72. The van der Waals surface area contributed by atoms with Crippen LogP contribution in [0.15, 0.2) is 60.7 Å². The lowest BCUT2D eigenvalue weighted by molar-refractivity contribution is -0.122. The summed E-state index contributed by atoms with van der Waals surface area (Å²) in [5, 5.41) is 16.3. The Kier molecular flexibility index (Phi) is 12.1. The van der Waals surface area contributed by atoms with Crippen LogP contribution in [0.3, 0.4) is 0 Å². The van der Waals surface area contributed by atoms with Crippen molar-refractivity contribution < 1.29 is 19.4 Å². The van der Waals surface area contributed by atoms with E-state index in [4.69, 9.17) is 4.74 Å². The fourth-order valence-corrected chi connectivity index (χ4v) is 4.65. The van der Waals surface area contributed by atoms with Gasteiger partial charge in [-0.05, 0) is 80.0 Å². The van der Waals surface area contributed by atoms with Crippen LogP contribution in [0.4, 0.5) is 11.4 Å². The average Bonchev–Trinajstić information content (AvgIpc) is 2.95. The molecule has 3 N–H and O–H groups in total. The molecule has 0 aliphatic carbocycles. The van der Waals surface area contributed by atoms with Gasteiger partial charge < -0.3 is 20.5 Å². The molecule has 0 spiro atoms. The SMILES string of the molecule is CCCCCc1ccc(OC(CC)C(=O)Nc2cc(O)c(NC(=O)c3ccccc3)cc2C)c(CCCCC)c1. The Morgan fingerprint density at radius 1 is 0.825 bits per heavy atom. The summed E-state index contributed by atoms with van der Waals surface area (Å²) in [6.07, 6.45) is 8.76. The Labute approximate surface area is 239 Å². The normalized spacial score (nSPS) is 11.6. The quantitative estimate of drug-likeness (QED) is 0.133. The lowest BCUT2D eigenvalue weighted by Gasteiger charge is -2.21. The summed E-state index contributed by atoms with van der Waals surface area (Å²) in [5.41, 5.74) is 4.42. The van der Waals surface area contributed by atoms with E-state index in [1.54, 1.807) is 30.3 Å². The van der Waals surface area contributed by atoms with E-state index in [-0.39, 0.29) is 23.3 Å². The number of hydrogen-bond donors (Lipinski definition) is 3. The standard InChI is InChI=1S/C34H44N2O4/c1-5-8-11-15-25-19-20-32(27(22-25)18-12-9-6-2)40-31(7-3)34(39)35-28-23-30(37)29(21-24(28)4)36-33(38)26-16-13-10-14-17-26/h10,13-14,16-17,19-23,31,37H,5-9,11-12,15,18H2,1-4H3,(H,35,39)(H,36,38). The van der Waals surface area contributed by atoms with Crippen LogP contribution in [-0.4, -0.2) is 23.0 Å². The van der Waals surface area contributed by atoms with Gasteiger partial charge in [0, 0.05) is 17.3 Å². The van der Waals surface area contributed by atoms with Gasteiger partial charge in [0.25, 0.3) is 11.8 Å². The lowest BCUT2D eigenvalue weighted by Crippen LogP contribution is -2.33. The third-order valence-electron chi connectivity index (χ3n) is 7.06. The number of aryl methyl sites for hydroxylation is 3. The van der Waals surface area contributed by atoms with Gasteiger partial charge >= 0.3 is 0 Å². The van der Waals surface area contributed by atoms with Crippen LogP contribution < -0.4 is 15.4 Å². The van der Waals surface area contributed by atoms with E-state index < -0.39 is 6.10 Å². The van der Waals surface area contributed by atoms with E-state index in [2.05, 4.69) is 36.6 Å². The van der Waals surface area contributed by atoms with Gasteiger partial charge in [-0.2, -0.15) is 0 Å². The zero-order valence-corrected chi connectivity index (χ0v) is 24.4. The molecule has 2 amide bonds. The Morgan fingerprint density at radius 3 is 2.20 bits per heavy atom. The number of phenols is 1. The number of rotatable bonds is 15. The summed E-state index contributed by atoms with van der Waals surface area (Å²) in [4.78, 5) is 25.8. The number of nitrogens with one attached hydrogen (secondary N) is 2. The van der Waals surface area contributed by atoms with E-state index in [1.807, 2.05) is 26.0 Å². The molecule has 0 radical (unpaired) electrons. The van der Waals surface area contributed by atoms with Crippen LogP contribution in [-0.2, 0) is 17.6 Å². The molecular weight excluding hydrogens is 500 g/mol. The summed E-state index contributed by atoms with van der Waals surface area (Å²) in [6, 6.07) is 18.3. The monoisotopic (exact) mass is 544 g/mol. The molecular formula is C34H44N2O4. The summed E-state index contributed by atoms with van der Waals surface area (Å²) < 4.78 is 6.30. The number of aromatic hydroxyl groups is 1. The van der Waals surface area contributed by atoms with Crippen molar-refractivity contribution in [3.63, 3.8) is 0 Å². The maximum atomic E-state index is 13.3. The first kappa shape index (κ1) is 30.7. The molecule has 3 rings (SSSR count). The molecule has 40 heavy (non-hydrogen) atoms. The molecule has 0 heterocycles. The van der Waals surface area contributed by atoms with Crippen molar-refractivity contribution in [2.75, 3.05) is 10.6 Å². The van der Waals surface area contributed by atoms with Crippen molar-refractivity contribution in [1.29, 1.82) is 0 Å². The Morgan fingerprint density at radius 2 is 1.52 bits per heavy atom. The minimum absolute atomic E-state index is 0.129. The number of carbonyl (C=O) groups excluding carboxylic acids is 2. The number of carbonyl (C=O) groups is 2. The zero-order valence-electron chi connectivity index (χ0n) is 24.4. The molecule has 0 saturated carbocycles. The van der Waals surface area contributed by atoms with E-state index in [0.29, 0.717) is 23.2 Å². The molecule has 214 valence electrons. The number of anilines is 2. The minimum Gasteiger partial charge on any atom is -0.506 e. The molecule has 0 fully saturated rings. The van der Waals surface area contributed by atoms with Crippen molar-refractivity contribution in [2.45, 2.75) is 91.6 Å². The number of amides is 2. The summed E-state index contributed by atoms with van der Waals surface area (Å²) in [7, 11) is 0. The molecule has 0 aliphatic heterocycles. The van der Waals surface area contributed by atoms with Gasteiger partial charge in [-0.25, -0.2) is 0 Å². The largest absolute Gasteiger partial charge is 0.506 e. The zero-order chi connectivity index (χ0) is 28.9. The van der Waals surface area contributed by atoms with E-state index in [1.165, 1.54) is 30.9 Å². The van der Waals surface area contributed by atoms with Crippen molar-refractivity contribution in [3.05, 3.63) is 82.9 Å². The maximum Gasteiger partial charge on any atom is 0.265 e. The molecule has 0 aromatic heterocycles. The van der Waals surface area contributed by atoms with Gasteiger partial charge in [0.15, 0.2) is 6.10 Å². The predicted molar refractivity (Wildman–Crippen MR) is 163 cm³/mol. The smallest absolute Gasteiger partial charge is 0.265 e. The third kappa shape index (κ3) is 8.87. The lowest BCUT2D eigenvalue weighted by atomic mass is 10.00. The van der Waals surface area contributed by atoms with Gasteiger partial charge in [-0.3, -0.25) is 9.59 Å².